The number of furan rings is 1. The van der Waals surface area contributed by atoms with Crippen molar-refractivity contribution >= 4 is 17.3 Å². The van der Waals surface area contributed by atoms with Crippen molar-refractivity contribution in [3.63, 3.8) is 0 Å². The molecule has 1 aliphatic carbocycles. The Kier molecular flexibility index (Phi) is 4.96. The van der Waals surface area contributed by atoms with Gasteiger partial charge in [-0.2, -0.15) is 5.10 Å². The smallest absolute Gasteiger partial charge is 0.290 e. The van der Waals surface area contributed by atoms with Gasteiger partial charge in [0.05, 0.1) is 5.69 Å². The highest BCUT2D eigenvalue weighted by molar-refractivity contribution is 5.91. The monoisotopic (exact) mass is 392 g/mol. The fraction of sp³-hybridized carbons (Fsp3) is 0.318. The number of nitrogens with two attached hydrogens (primary N) is 1. The zero-order valence-electron chi connectivity index (χ0n) is 16.6. The number of aryl methyl sites for hydroxylation is 3. The minimum Gasteiger partial charge on any atom is -0.466 e. The van der Waals surface area contributed by atoms with Crippen molar-refractivity contribution < 1.29 is 9.21 Å². The molecule has 0 saturated carbocycles. The number of nitrogens with zero attached hydrogens (tertiary/aromatic N) is 2. The number of nitrogens with one attached hydrogen (secondary N) is 1. The molecule has 2 heterocycles. The molecule has 150 valence electrons. The number of aromatic nitrogens is 2. The lowest BCUT2D eigenvalue weighted by Crippen LogP contribution is -2.31. The molecule has 3 N–H and O–H groups in total. The van der Waals surface area contributed by atoms with Gasteiger partial charge in [0.2, 0.25) is 5.91 Å². The van der Waals surface area contributed by atoms with Crippen LogP contribution in [0, 0.1) is 13.8 Å². The highest BCUT2D eigenvalue weighted by Crippen LogP contribution is 2.28. The first-order valence-corrected chi connectivity index (χ1v) is 9.78. The van der Waals surface area contributed by atoms with E-state index in [1.165, 1.54) is 23.6 Å². The van der Waals surface area contributed by atoms with Crippen molar-refractivity contribution in [3.05, 3.63) is 63.3 Å². The quantitative estimate of drug-likeness (QED) is 0.710. The number of rotatable bonds is 4. The number of fused-ring (bicyclic) bond motifs is 1. The minimum atomic E-state index is -0.489. The number of nitrogen functional groups attached to an aromatic ring is 1. The maximum absolute atomic E-state index is 12.7. The van der Waals surface area contributed by atoms with Crippen LogP contribution in [-0.4, -0.2) is 15.7 Å². The SMILES string of the molecule is Cc1cc(-c2cc(N)c(=O)n(CC(=O)Nc3cccc4c3CCCC4)n2)c(C)o1. The molecule has 0 aliphatic heterocycles. The zero-order chi connectivity index (χ0) is 20.5. The van der Waals surface area contributed by atoms with E-state index in [9.17, 15) is 9.59 Å². The molecule has 4 rings (SSSR count). The van der Waals surface area contributed by atoms with Crippen molar-refractivity contribution in [2.75, 3.05) is 11.1 Å². The molecule has 0 bridgehead atoms. The second-order valence-electron chi connectivity index (χ2n) is 7.47. The Morgan fingerprint density at radius 2 is 2.03 bits per heavy atom. The van der Waals surface area contributed by atoms with Crippen molar-refractivity contribution in [2.45, 2.75) is 46.1 Å². The molecule has 7 nitrogen and oxygen atoms in total. The number of benzene rings is 1. The van der Waals surface area contributed by atoms with E-state index in [1.807, 2.05) is 32.0 Å². The summed E-state index contributed by atoms with van der Waals surface area (Å²) in [7, 11) is 0. The Balaban J connectivity index is 1.60. The standard InChI is InChI=1S/C22H24N4O3/c1-13-10-17(14(2)29-13)20-11-18(23)22(28)26(25-20)12-21(27)24-19-9-5-7-15-6-3-4-8-16(15)19/h5,7,9-11H,3-4,6,8,12,23H2,1-2H3,(H,24,27). The van der Waals surface area contributed by atoms with Gasteiger partial charge in [0, 0.05) is 11.3 Å². The first-order chi connectivity index (χ1) is 13.9. The first-order valence-electron chi connectivity index (χ1n) is 9.78. The molecule has 1 amide bonds. The highest BCUT2D eigenvalue weighted by atomic mass is 16.3. The summed E-state index contributed by atoms with van der Waals surface area (Å²) in [5, 5.41) is 7.29. The van der Waals surface area contributed by atoms with E-state index in [1.54, 1.807) is 0 Å². The molecule has 0 saturated heterocycles. The van der Waals surface area contributed by atoms with Gasteiger partial charge in [0.25, 0.3) is 5.56 Å². The second-order valence-corrected chi connectivity index (χ2v) is 7.47. The highest BCUT2D eigenvalue weighted by Gasteiger charge is 2.17. The Labute approximate surface area is 168 Å². The molecule has 0 spiro atoms. The van der Waals surface area contributed by atoms with E-state index >= 15 is 0 Å². The normalized spacial score (nSPS) is 13.2. The van der Waals surface area contributed by atoms with E-state index in [2.05, 4.69) is 16.5 Å². The van der Waals surface area contributed by atoms with Gasteiger partial charge in [-0.3, -0.25) is 9.59 Å². The van der Waals surface area contributed by atoms with Crippen LogP contribution in [-0.2, 0) is 24.2 Å². The number of carbonyl (C=O) groups is 1. The molecule has 2 aromatic heterocycles. The van der Waals surface area contributed by atoms with Crippen LogP contribution in [0.2, 0.25) is 0 Å². The predicted molar refractivity (Wildman–Crippen MR) is 112 cm³/mol. The fourth-order valence-corrected chi connectivity index (χ4v) is 3.91. The Morgan fingerprint density at radius 1 is 1.24 bits per heavy atom. The van der Waals surface area contributed by atoms with Gasteiger partial charge in [0.15, 0.2) is 0 Å². The summed E-state index contributed by atoms with van der Waals surface area (Å²) in [4.78, 5) is 25.1. The van der Waals surface area contributed by atoms with Crippen LogP contribution in [0.3, 0.4) is 0 Å². The lowest BCUT2D eigenvalue weighted by molar-refractivity contribution is -0.117. The number of anilines is 2. The Hall–Kier alpha value is -3.35. The maximum Gasteiger partial charge on any atom is 0.290 e. The molecule has 0 fully saturated rings. The van der Waals surface area contributed by atoms with E-state index < -0.39 is 5.56 Å². The first kappa shape index (κ1) is 19.0. The lowest BCUT2D eigenvalue weighted by atomic mass is 9.90. The summed E-state index contributed by atoms with van der Waals surface area (Å²) in [6, 6.07) is 9.31. The van der Waals surface area contributed by atoms with Gasteiger partial charge in [-0.05, 0) is 68.9 Å². The van der Waals surface area contributed by atoms with Crippen molar-refractivity contribution in [1.82, 2.24) is 9.78 Å². The molecular weight excluding hydrogens is 368 g/mol. The average Bonchev–Trinajstić information content (AvgIpc) is 3.03. The van der Waals surface area contributed by atoms with Crippen molar-refractivity contribution in [1.29, 1.82) is 0 Å². The molecule has 0 atom stereocenters. The van der Waals surface area contributed by atoms with Crippen LogP contribution in [0.4, 0.5) is 11.4 Å². The predicted octanol–water partition coefficient (Wildman–Crippen LogP) is 3.22. The van der Waals surface area contributed by atoms with Gasteiger partial charge in [0.1, 0.15) is 23.8 Å². The zero-order valence-corrected chi connectivity index (χ0v) is 16.6. The van der Waals surface area contributed by atoms with Gasteiger partial charge >= 0.3 is 0 Å². The molecule has 1 aliphatic rings. The number of amides is 1. The number of carbonyl (C=O) groups excluding carboxylic acids is 1. The van der Waals surface area contributed by atoms with E-state index in [-0.39, 0.29) is 18.1 Å². The average molecular weight is 392 g/mol. The number of hydrogen-bond acceptors (Lipinski definition) is 5. The van der Waals surface area contributed by atoms with Crippen LogP contribution < -0.4 is 16.6 Å². The van der Waals surface area contributed by atoms with Crippen LogP contribution >= 0.6 is 0 Å². The van der Waals surface area contributed by atoms with Gasteiger partial charge in [-0.15, -0.1) is 0 Å². The summed E-state index contributed by atoms with van der Waals surface area (Å²) in [6.45, 7) is 3.45. The molecule has 1 aromatic carbocycles. The van der Waals surface area contributed by atoms with Crippen LogP contribution in [0.5, 0.6) is 0 Å². The summed E-state index contributed by atoms with van der Waals surface area (Å²) >= 11 is 0. The van der Waals surface area contributed by atoms with Crippen LogP contribution in [0.1, 0.15) is 35.5 Å². The lowest BCUT2D eigenvalue weighted by Gasteiger charge is -2.19. The maximum atomic E-state index is 12.7. The third-order valence-electron chi connectivity index (χ3n) is 5.28. The Bertz CT molecular complexity index is 1140. The van der Waals surface area contributed by atoms with E-state index in [0.29, 0.717) is 11.5 Å². The van der Waals surface area contributed by atoms with Gasteiger partial charge in [-0.1, -0.05) is 12.1 Å². The van der Waals surface area contributed by atoms with Crippen LogP contribution in [0.25, 0.3) is 11.3 Å². The largest absolute Gasteiger partial charge is 0.466 e. The van der Waals surface area contributed by atoms with Crippen molar-refractivity contribution in [3.8, 4) is 11.3 Å². The molecule has 7 heteroatoms. The molecule has 3 aromatic rings. The third kappa shape index (κ3) is 3.81. The molecule has 29 heavy (non-hydrogen) atoms. The topological polar surface area (TPSA) is 103 Å². The summed E-state index contributed by atoms with van der Waals surface area (Å²) < 4.78 is 6.65. The molecule has 0 unspecified atom stereocenters. The van der Waals surface area contributed by atoms with E-state index in [0.717, 1.165) is 41.0 Å². The van der Waals surface area contributed by atoms with Crippen molar-refractivity contribution in [2.24, 2.45) is 0 Å². The van der Waals surface area contributed by atoms with Gasteiger partial charge < -0.3 is 15.5 Å². The summed E-state index contributed by atoms with van der Waals surface area (Å²) in [5.74, 6) is 1.11. The summed E-state index contributed by atoms with van der Waals surface area (Å²) in [5.41, 5.74) is 9.98. The van der Waals surface area contributed by atoms with E-state index in [4.69, 9.17) is 10.2 Å². The second kappa shape index (κ2) is 7.58. The summed E-state index contributed by atoms with van der Waals surface area (Å²) in [6.07, 6.45) is 4.26. The molecular formula is C22H24N4O3. The Morgan fingerprint density at radius 3 is 2.79 bits per heavy atom. The van der Waals surface area contributed by atoms with Crippen LogP contribution in [0.15, 0.2) is 39.5 Å². The van der Waals surface area contributed by atoms with Gasteiger partial charge in [-0.25, -0.2) is 4.68 Å². The fourth-order valence-electron chi connectivity index (χ4n) is 3.91. The minimum absolute atomic E-state index is 0.0399. The molecule has 0 radical (unpaired) electrons. The third-order valence-corrected chi connectivity index (χ3v) is 5.28. The number of hydrogen-bond donors (Lipinski definition) is 2.